The molecule has 1 unspecified atom stereocenters. The van der Waals surface area contributed by atoms with Crippen LogP contribution in [0.5, 0.6) is 0 Å². The van der Waals surface area contributed by atoms with Crippen molar-refractivity contribution in [1.29, 1.82) is 0 Å². The van der Waals surface area contributed by atoms with Gasteiger partial charge in [0.05, 0.1) is 17.1 Å². The van der Waals surface area contributed by atoms with Crippen molar-refractivity contribution in [1.82, 2.24) is 14.9 Å². The van der Waals surface area contributed by atoms with E-state index in [9.17, 15) is 0 Å². The van der Waals surface area contributed by atoms with E-state index in [0.717, 1.165) is 17.9 Å². The molecule has 1 N–H and O–H groups in total. The molecule has 0 aliphatic heterocycles. The van der Waals surface area contributed by atoms with Gasteiger partial charge in [0.1, 0.15) is 5.82 Å². The van der Waals surface area contributed by atoms with Crippen molar-refractivity contribution in [3.63, 3.8) is 0 Å². The third-order valence-electron chi connectivity index (χ3n) is 4.15. The largest absolute Gasteiger partial charge is 0.330 e. The summed E-state index contributed by atoms with van der Waals surface area (Å²) in [6, 6.07) is 8.62. The molecule has 3 heteroatoms. The van der Waals surface area contributed by atoms with E-state index in [1.54, 1.807) is 0 Å². The third kappa shape index (κ3) is 2.03. The summed E-state index contributed by atoms with van der Waals surface area (Å²) in [6.07, 6.45) is 2.71. The minimum absolute atomic E-state index is 0.305. The second-order valence-electron chi connectivity index (χ2n) is 5.93. The van der Waals surface area contributed by atoms with E-state index in [1.165, 1.54) is 18.4 Å². The molecule has 0 amide bonds. The number of aromatic nitrogens is 2. The second-order valence-corrected chi connectivity index (χ2v) is 5.93. The van der Waals surface area contributed by atoms with E-state index >= 15 is 0 Å². The smallest absolute Gasteiger partial charge is 0.126 e. The lowest BCUT2D eigenvalue weighted by Gasteiger charge is -2.16. The van der Waals surface area contributed by atoms with Gasteiger partial charge in [-0.1, -0.05) is 19.1 Å². The topological polar surface area (TPSA) is 29.9 Å². The van der Waals surface area contributed by atoms with Gasteiger partial charge in [-0.15, -0.1) is 0 Å². The van der Waals surface area contributed by atoms with Gasteiger partial charge in [0.25, 0.3) is 0 Å². The summed E-state index contributed by atoms with van der Waals surface area (Å²) >= 11 is 0. The molecule has 0 bridgehead atoms. The number of nitrogens with one attached hydrogen (secondary N) is 1. The fraction of sp³-hybridized carbons (Fsp3) is 0.533. The first-order chi connectivity index (χ1) is 8.59. The van der Waals surface area contributed by atoms with Gasteiger partial charge in [-0.25, -0.2) is 4.98 Å². The zero-order valence-electron chi connectivity index (χ0n) is 11.4. The van der Waals surface area contributed by atoms with Crippen molar-refractivity contribution in [3.05, 3.63) is 30.1 Å². The van der Waals surface area contributed by atoms with Gasteiger partial charge in [-0.05, 0) is 37.3 Å². The van der Waals surface area contributed by atoms with Gasteiger partial charge < -0.3 is 9.88 Å². The lowest BCUT2D eigenvalue weighted by Crippen LogP contribution is -2.27. The van der Waals surface area contributed by atoms with Crippen LogP contribution in [0.1, 0.15) is 38.6 Å². The summed E-state index contributed by atoms with van der Waals surface area (Å²) in [6.45, 7) is 5.64. The van der Waals surface area contributed by atoms with Crippen LogP contribution in [0, 0.1) is 5.41 Å². The van der Waals surface area contributed by atoms with Gasteiger partial charge in [0.2, 0.25) is 0 Å². The highest BCUT2D eigenvalue weighted by molar-refractivity contribution is 5.75. The van der Waals surface area contributed by atoms with Crippen LogP contribution < -0.4 is 5.32 Å². The Kier molecular flexibility index (Phi) is 2.67. The summed E-state index contributed by atoms with van der Waals surface area (Å²) in [7, 11) is 2.10. The number of rotatable bonds is 4. The van der Waals surface area contributed by atoms with E-state index in [2.05, 4.69) is 49.0 Å². The molecule has 0 saturated heterocycles. The van der Waals surface area contributed by atoms with Gasteiger partial charge in [-0.3, -0.25) is 0 Å². The predicted molar refractivity (Wildman–Crippen MR) is 74.5 cm³/mol. The number of aryl methyl sites for hydroxylation is 1. The van der Waals surface area contributed by atoms with Crippen molar-refractivity contribution < 1.29 is 0 Å². The highest BCUT2D eigenvalue weighted by atomic mass is 15.1. The Bertz CT molecular complexity index is 566. The lowest BCUT2D eigenvalue weighted by molar-refractivity contribution is 0.442. The van der Waals surface area contributed by atoms with Crippen LogP contribution in [0.4, 0.5) is 0 Å². The lowest BCUT2D eigenvalue weighted by atomic mass is 10.1. The Morgan fingerprint density at radius 3 is 2.78 bits per heavy atom. The summed E-state index contributed by atoms with van der Waals surface area (Å²) in [5.74, 6) is 1.13. The zero-order chi connectivity index (χ0) is 12.8. The minimum atomic E-state index is 0.305. The number of nitrogens with zero attached hydrogens (tertiary/aromatic N) is 2. The number of benzene rings is 1. The van der Waals surface area contributed by atoms with E-state index in [1.807, 2.05) is 6.07 Å². The minimum Gasteiger partial charge on any atom is -0.330 e. The molecule has 0 radical (unpaired) electrons. The van der Waals surface area contributed by atoms with Crippen molar-refractivity contribution in [2.75, 3.05) is 6.54 Å². The van der Waals surface area contributed by atoms with Crippen LogP contribution in [-0.4, -0.2) is 16.1 Å². The number of hydrogen-bond donors (Lipinski definition) is 1. The molecule has 1 aromatic heterocycles. The molecule has 18 heavy (non-hydrogen) atoms. The normalized spacial score (nSPS) is 19.1. The van der Waals surface area contributed by atoms with Crippen molar-refractivity contribution >= 4 is 11.0 Å². The Hall–Kier alpha value is -1.35. The molecule has 0 spiro atoms. The number of fused-ring (bicyclic) bond motifs is 1. The van der Waals surface area contributed by atoms with Gasteiger partial charge in [0, 0.05) is 13.6 Å². The Morgan fingerprint density at radius 2 is 2.11 bits per heavy atom. The summed E-state index contributed by atoms with van der Waals surface area (Å²) < 4.78 is 2.20. The van der Waals surface area contributed by atoms with Gasteiger partial charge >= 0.3 is 0 Å². The quantitative estimate of drug-likeness (QED) is 0.894. The average Bonchev–Trinajstić information content (AvgIpc) is 3.02. The molecule has 1 saturated carbocycles. The predicted octanol–water partition coefficient (Wildman–Crippen LogP) is 3.02. The average molecular weight is 243 g/mol. The third-order valence-corrected chi connectivity index (χ3v) is 4.15. The number of para-hydroxylation sites is 2. The standard InChI is InChI=1S/C15H21N3/c1-11(16-10-15(2)8-9-15)14-17-12-6-4-5-7-13(12)18(14)3/h4-7,11,16H,8-10H2,1-3H3. The molecule has 1 fully saturated rings. The van der Waals surface area contributed by atoms with Crippen molar-refractivity contribution in [3.8, 4) is 0 Å². The number of hydrogen-bond acceptors (Lipinski definition) is 2. The van der Waals surface area contributed by atoms with E-state index < -0.39 is 0 Å². The summed E-state index contributed by atoms with van der Waals surface area (Å²) in [4.78, 5) is 4.73. The molecule has 3 nitrogen and oxygen atoms in total. The summed E-state index contributed by atoms with van der Waals surface area (Å²) in [5.41, 5.74) is 2.83. The molecule has 1 atom stereocenters. The van der Waals surface area contributed by atoms with Crippen LogP contribution >= 0.6 is 0 Å². The monoisotopic (exact) mass is 243 g/mol. The van der Waals surface area contributed by atoms with Crippen molar-refractivity contribution in [2.45, 2.75) is 32.7 Å². The van der Waals surface area contributed by atoms with Gasteiger partial charge in [0.15, 0.2) is 0 Å². The molecule has 1 aliphatic carbocycles. The second kappa shape index (κ2) is 4.09. The molecule has 1 heterocycles. The van der Waals surface area contributed by atoms with E-state index in [-0.39, 0.29) is 0 Å². The van der Waals surface area contributed by atoms with E-state index in [4.69, 9.17) is 4.98 Å². The fourth-order valence-corrected chi connectivity index (χ4v) is 2.43. The summed E-state index contributed by atoms with van der Waals surface area (Å²) in [5, 5.41) is 3.62. The maximum atomic E-state index is 4.73. The first-order valence-corrected chi connectivity index (χ1v) is 6.74. The Labute approximate surface area is 108 Å². The maximum Gasteiger partial charge on any atom is 0.126 e. The first-order valence-electron chi connectivity index (χ1n) is 6.74. The maximum absolute atomic E-state index is 4.73. The molecule has 3 rings (SSSR count). The highest BCUT2D eigenvalue weighted by Crippen LogP contribution is 2.44. The fourth-order valence-electron chi connectivity index (χ4n) is 2.43. The molecule has 96 valence electrons. The van der Waals surface area contributed by atoms with Crippen LogP contribution in [0.2, 0.25) is 0 Å². The Balaban J connectivity index is 1.82. The van der Waals surface area contributed by atoms with Gasteiger partial charge in [-0.2, -0.15) is 0 Å². The first kappa shape index (κ1) is 11.7. The van der Waals surface area contributed by atoms with Crippen molar-refractivity contribution in [2.24, 2.45) is 12.5 Å². The zero-order valence-corrected chi connectivity index (χ0v) is 11.4. The Morgan fingerprint density at radius 1 is 1.39 bits per heavy atom. The molecular formula is C15H21N3. The molecule has 1 aromatic carbocycles. The SMILES string of the molecule is CC(NCC1(C)CC1)c1nc2ccccc2n1C. The van der Waals surface area contributed by atoms with Crippen LogP contribution in [0.3, 0.4) is 0 Å². The highest BCUT2D eigenvalue weighted by Gasteiger charge is 2.37. The molecular weight excluding hydrogens is 222 g/mol. The molecule has 1 aliphatic rings. The molecule has 2 aromatic rings. The van der Waals surface area contributed by atoms with Crippen LogP contribution in [0.15, 0.2) is 24.3 Å². The number of imidazole rings is 1. The van der Waals surface area contributed by atoms with E-state index in [0.29, 0.717) is 11.5 Å². The van der Waals surface area contributed by atoms with Crippen LogP contribution in [0.25, 0.3) is 11.0 Å². The van der Waals surface area contributed by atoms with Crippen LogP contribution in [-0.2, 0) is 7.05 Å².